The number of nitrogens with one attached hydrogen (secondary N) is 2. The van der Waals surface area contributed by atoms with Crippen molar-refractivity contribution in [1.29, 1.82) is 0 Å². The number of piperazine rings is 1. The van der Waals surface area contributed by atoms with Crippen LogP contribution in [-0.2, 0) is 14.8 Å². The lowest BCUT2D eigenvalue weighted by atomic mass is 10.2. The van der Waals surface area contributed by atoms with Crippen LogP contribution >= 0.6 is 11.6 Å². The Morgan fingerprint density at radius 1 is 0.976 bits per heavy atom. The maximum absolute atomic E-state index is 13.6. The number of sulfonamides is 1. The van der Waals surface area contributed by atoms with Crippen molar-refractivity contribution in [3.05, 3.63) is 71.1 Å². The maximum atomic E-state index is 13.6. The first-order chi connectivity index (χ1) is 19.2. The number of carbonyl (C=O) groups is 3. The van der Waals surface area contributed by atoms with E-state index in [1.165, 1.54) is 35.0 Å². The second-order valence-electron chi connectivity index (χ2n) is 10.5. The summed E-state index contributed by atoms with van der Waals surface area (Å²) in [6.07, 6.45) is 3.65. The first kappa shape index (κ1) is 29.9. The van der Waals surface area contributed by atoms with Crippen molar-refractivity contribution in [2.45, 2.75) is 26.4 Å². The van der Waals surface area contributed by atoms with Gasteiger partial charge in [-0.25, -0.2) is 18.2 Å². The van der Waals surface area contributed by atoms with Crippen LogP contribution in [0.25, 0.3) is 5.82 Å². The van der Waals surface area contributed by atoms with Crippen LogP contribution in [0, 0.1) is 0 Å². The Bertz CT molecular complexity index is 1560. The minimum atomic E-state index is -3.56. The smallest absolute Gasteiger partial charge is 0.410 e. The molecule has 41 heavy (non-hydrogen) atoms. The number of ether oxygens (including phenoxy) is 1. The molecule has 1 aromatic carbocycles. The fraction of sp³-hybridized carbons (Fsp3) is 0.333. The van der Waals surface area contributed by atoms with Gasteiger partial charge in [0, 0.05) is 49.3 Å². The van der Waals surface area contributed by atoms with E-state index >= 15 is 0 Å². The molecule has 0 unspecified atom stereocenters. The van der Waals surface area contributed by atoms with Crippen molar-refractivity contribution >= 4 is 50.9 Å². The van der Waals surface area contributed by atoms with Crippen LogP contribution in [0.3, 0.4) is 0 Å². The number of halogens is 1. The molecular formula is C27H31ClN6O6S. The van der Waals surface area contributed by atoms with Gasteiger partial charge < -0.3 is 19.9 Å². The SMILES string of the molecule is CC(C)(C)OC(=O)N1CCN(C(=O)c2cc(C(=O)Nc3cc(Cl)cc(NS(C)(=O)=O)c3)cn2-c2ccccn2)CC1. The number of hydrogen-bond donors (Lipinski definition) is 2. The van der Waals surface area contributed by atoms with Gasteiger partial charge in [0.25, 0.3) is 11.8 Å². The van der Waals surface area contributed by atoms with Crippen molar-refractivity contribution in [3.8, 4) is 5.82 Å². The quantitative estimate of drug-likeness (QED) is 0.436. The van der Waals surface area contributed by atoms with Crippen molar-refractivity contribution < 1.29 is 27.5 Å². The molecule has 1 aliphatic rings. The molecule has 3 amide bonds. The largest absolute Gasteiger partial charge is 0.444 e. The number of anilines is 2. The van der Waals surface area contributed by atoms with Gasteiger partial charge in [0.2, 0.25) is 10.0 Å². The summed E-state index contributed by atoms with van der Waals surface area (Å²) in [4.78, 5) is 46.8. The number of rotatable bonds is 6. The number of benzene rings is 1. The van der Waals surface area contributed by atoms with Gasteiger partial charge in [0.15, 0.2) is 0 Å². The fourth-order valence-corrected chi connectivity index (χ4v) is 4.94. The molecule has 0 aliphatic carbocycles. The molecule has 0 bridgehead atoms. The second kappa shape index (κ2) is 11.8. The third-order valence-corrected chi connectivity index (χ3v) is 6.70. The van der Waals surface area contributed by atoms with E-state index in [1.54, 1.807) is 55.0 Å². The summed E-state index contributed by atoms with van der Waals surface area (Å²) in [5, 5.41) is 2.91. The Kier molecular flexibility index (Phi) is 8.59. The third-order valence-electron chi connectivity index (χ3n) is 5.87. The van der Waals surface area contributed by atoms with Gasteiger partial charge in [-0.3, -0.25) is 18.9 Å². The van der Waals surface area contributed by atoms with E-state index in [9.17, 15) is 22.8 Å². The van der Waals surface area contributed by atoms with Gasteiger partial charge in [0.1, 0.15) is 17.1 Å². The van der Waals surface area contributed by atoms with E-state index in [2.05, 4.69) is 15.0 Å². The Morgan fingerprint density at radius 3 is 2.24 bits per heavy atom. The Morgan fingerprint density at radius 2 is 1.63 bits per heavy atom. The summed E-state index contributed by atoms with van der Waals surface area (Å²) in [7, 11) is -3.56. The predicted octanol–water partition coefficient (Wildman–Crippen LogP) is 3.84. The van der Waals surface area contributed by atoms with Crippen molar-refractivity contribution in [2.24, 2.45) is 0 Å². The highest BCUT2D eigenvalue weighted by Gasteiger charge is 2.30. The fourth-order valence-electron chi connectivity index (χ4n) is 4.16. The molecule has 2 aromatic heterocycles. The van der Waals surface area contributed by atoms with Crippen LogP contribution in [-0.4, -0.2) is 83.7 Å². The number of hydrogen-bond acceptors (Lipinski definition) is 7. The number of nitrogens with zero attached hydrogens (tertiary/aromatic N) is 4. The van der Waals surface area contributed by atoms with Crippen LogP contribution in [0.4, 0.5) is 16.2 Å². The zero-order valence-electron chi connectivity index (χ0n) is 23.0. The molecule has 3 aromatic rings. The second-order valence-corrected chi connectivity index (χ2v) is 12.7. The molecule has 14 heteroatoms. The third kappa shape index (κ3) is 7.98. The molecule has 0 atom stereocenters. The molecular weight excluding hydrogens is 572 g/mol. The molecule has 218 valence electrons. The number of aromatic nitrogens is 2. The minimum absolute atomic E-state index is 0.170. The van der Waals surface area contributed by atoms with Crippen molar-refractivity contribution in [1.82, 2.24) is 19.4 Å². The molecule has 1 fully saturated rings. The molecule has 12 nitrogen and oxygen atoms in total. The highest BCUT2D eigenvalue weighted by Crippen LogP contribution is 2.25. The molecule has 1 aliphatic heterocycles. The van der Waals surface area contributed by atoms with E-state index in [0.717, 1.165) is 6.26 Å². The van der Waals surface area contributed by atoms with Gasteiger partial charge >= 0.3 is 6.09 Å². The monoisotopic (exact) mass is 602 g/mol. The predicted molar refractivity (Wildman–Crippen MR) is 155 cm³/mol. The van der Waals surface area contributed by atoms with Crippen LogP contribution in [0.15, 0.2) is 54.9 Å². The topological polar surface area (TPSA) is 143 Å². The summed E-state index contributed by atoms with van der Waals surface area (Å²) in [5.41, 5.74) is 0.198. The first-order valence-corrected chi connectivity index (χ1v) is 15.0. The van der Waals surface area contributed by atoms with Crippen LogP contribution in [0.2, 0.25) is 5.02 Å². The number of amides is 3. The molecule has 0 saturated carbocycles. The van der Waals surface area contributed by atoms with Crippen LogP contribution in [0.5, 0.6) is 0 Å². The lowest BCUT2D eigenvalue weighted by Gasteiger charge is -2.35. The Hall–Kier alpha value is -4.10. The molecule has 2 N–H and O–H groups in total. The lowest BCUT2D eigenvalue weighted by Crippen LogP contribution is -2.51. The van der Waals surface area contributed by atoms with Crippen molar-refractivity contribution in [3.63, 3.8) is 0 Å². The summed E-state index contributed by atoms with van der Waals surface area (Å²) in [5.74, 6) is -0.443. The first-order valence-electron chi connectivity index (χ1n) is 12.7. The highest BCUT2D eigenvalue weighted by molar-refractivity contribution is 7.92. The molecule has 0 spiro atoms. The highest BCUT2D eigenvalue weighted by atomic mass is 35.5. The van der Waals surface area contributed by atoms with E-state index in [0.29, 0.717) is 18.9 Å². The minimum Gasteiger partial charge on any atom is -0.444 e. The summed E-state index contributed by atoms with van der Waals surface area (Å²) >= 11 is 6.13. The summed E-state index contributed by atoms with van der Waals surface area (Å²) in [6, 6.07) is 11.0. The standard InChI is InChI=1S/C27H31ClN6O6S/c1-27(2,3)40-26(37)33-11-9-32(10-12-33)25(36)22-13-18(17-34(22)23-7-5-6-8-29-23)24(35)30-20-14-19(28)15-21(16-20)31-41(4,38)39/h5-8,13-17,31H,9-12H2,1-4H3,(H,30,35). The van der Waals surface area contributed by atoms with Crippen molar-refractivity contribution in [2.75, 3.05) is 42.5 Å². The van der Waals surface area contributed by atoms with Gasteiger partial charge in [-0.1, -0.05) is 17.7 Å². The van der Waals surface area contributed by atoms with E-state index in [4.69, 9.17) is 16.3 Å². The van der Waals surface area contributed by atoms with Gasteiger partial charge in [-0.05, 0) is 57.2 Å². The van der Waals surface area contributed by atoms with Gasteiger partial charge in [-0.2, -0.15) is 0 Å². The summed E-state index contributed by atoms with van der Waals surface area (Å²) in [6.45, 7) is 6.55. The normalized spacial score (nSPS) is 14.0. The average Bonchev–Trinajstić information content (AvgIpc) is 3.32. The van der Waals surface area contributed by atoms with Gasteiger partial charge in [-0.15, -0.1) is 0 Å². The Balaban J connectivity index is 1.56. The Labute approximate surface area is 243 Å². The molecule has 4 rings (SSSR count). The molecule has 1 saturated heterocycles. The molecule has 0 radical (unpaired) electrons. The average molecular weight is 603 g/mol. The zero-order chi connectivity index (χ0) is 29.9. The molecule has 3 heterocycles. The van der Waals surface area contributed by atoms with E-state index in [-0.39, 0.29) is 46.7 Å². The van der Waals surface area contributed by atoms with E-state index in [1.807, 2.05) is 0 Å². The number of carbonyl (C=O) groups excluding carboxylic acids is 3. The van der Waals surface area contributed by atoms with Gasteiger partial charge in [0.05, 0.1) is 17.5 Å². The number of pyridine rings is 1. The zero-order valence-corrected chi connectivity index (χ0v) is 24.6. The maximum Gasteiger partial charge on any atom is 0.410 e. The van der Waals surface area contributed by atoms with E-state index < -0.39 is 27.6 Å². The van der Waals surface area contributed by atoms with Crippen LogP contribution < -0.4 is 10.0 Å². The summed E-state index contributed by atoms with van der Waals surface area (Å²) < 4.78 is 32.6. The van der Waals surface area contributed by atoms with Crippen LogP contribution in [0.1, 0.15) is 41.6 Å². The lowest BCUT2D eigenvalue weighted by molar-refractivity contribution is 0.0140.